The van der Waals surface area contributed by atoms with Crippen molar-refractivity contribution >= 4 is 10.1 Å². The third-order valence-corrected chi connectivity index (χ3v) is 2.27. The zero-order valence-electron chi connectivity index (χ0n) is 8.49. The Labute approximate surface area is 102 Å². The Kier molecular flexibility index (Phi) is 10.3. The van der Waals surface area contributed by atoms with E-state index < -0.39 is 10.1 Å². The summed E-state index contributed by atoms with van der Waals surface area (Å²) in [5, 5.41) is 0. The molecule has 0 aliphatic heterocycles. The van der Waals surface area contributed by atoms with Gasteiger partial charge in [0, 0.05) is 6.61 Å². The second-order valence-corrected chi connectivity index (χ2v) is 4.27. The number of hydrogen-bond acceptors (Lipinski definition) is 3. The molecule has 1 N–H and O–H groups in total. The SMILES string of the molecule is CCOC(C)CCCS(=O)(=O)O.[Na+]. The van der Waals surface area contributed by atoms with E-state index in [9.17, 15) is 8.42 Å². The molecule has 0 heterocycles. The molecule has 4 nitrogen and oxygen atoms in total. The van der Waals surface area contributed by atoms with Crippen molar-refractivity contribution in [3.63, 3.8) is 0 Å². The van der Waals surface area contributed by atoms with Gasteiger partial charge in [0.15, 0.2) is 0 Å². The molecule has 0 rings (SSSR count). The van der Waals surface area contributed by atoms with Crippen LogP contribution in [-0.2, 0) is 14.9 Å². The summed E-state index contributed by atoms with van der Waals surface area (Å²) in [5.74, 6) is -0.176. The van der Waals surface area contributed by atoms with Crippen LogP contribution in [0.4, 0.5) is 0 Å². The Hall–Kier alpha value is 0.870. The Balaban J connectivity index is 0. The molecule has 0 amide bonds. The van der Waals surface area contributed by atoms with Crippen molar-refractivity contribution in [3.05, 3.63) is 0 Å². The van der Waals surface area contributed by atoms with Gasteiger partial charge in [-0.1, -0.05) is 0 Å². The number of hydrogen-bond donors (Lipinski definition) is 1. The Morgan fingerprint density at radius 1 is 1.46 bits per heavy atom. The maximum Gasteiger partial charge on any atom is 1.00 e. The first-order valence-corrected chi connectivity index (χ1v) is 5.63. The van der Waals surface area contributed by atoms with Crippen LogP contribution in [0.15, 0.2) is 0 Å². The zero-order chi connectivity index (χ0) is 9.61. The predicted octanol–water partition coefficient (Wildman–Crippen LogP) is -1.92. The van der Waals surface area contributed by atoms with Gasteiger partial charge in [-0.25, -0.2) is 0 Å². The maximum absolute atomic E-state index is 10.3. The van der Waals surface area contributed by atoms with E-state index in [-0.39, 0.29) is 41.4 Å². The van der Waals surface area contributed by atoms with Crippen molar-refractivity contribution in [2.75, 3.05) is 12.4 Å². The molecule has 0 aromatic carbocycles. The van der Waals surface area contributed by atoms with Gasteiger partial charge in [-0.2, -0.15) is 8.42 Å². The predicted molar refractivity (Wildman–Crippen MR) is 46.7 cm³/mol. The van der Waals surface area contributed by atoms with Crippen LogP contribution in [0, 0.1) is 0 Å². The van der Waals surface area contributed by atoms with Crippen LogP contribution >= 0.6 is 0 Å². The number of rotatable bonds is 6. The summed E-state index contributed by atoms with van der Waals surface area (Å²) in [5.41, 5.74) is 0. The van der Waals surface area contributed by atoms with Gasteiger partial charge in [0.05, 0.1) is 11.9 Å². The van der Waals surface area contributed by atoms with Crippen molar-refractivity contribution in [3.8, 4) is 0 Å². The molecule has 74 valence electrons. The average Bonchev–Trinajstić information content (AvgIpc) is 1.84. The minimum absolute atomic E-state index is 0. The van der Waals surface area contributed by atoms with E-state index in [2.05, 4.69) is 0 Å². The average molecular weight is 219 g/mol. The van der Waals surface area contributed by atoms with Crippen LogP contribution in [0.5, 0.6) is 0 Å². The third-order valence-electron chi connectivity index (χ3n) is 1.46. The summed E-state index contributed by atoms with van der Waals surface area (Å²) >= 11 is 0. The molecule has 1 unspecified atom stereocenters. The van der Waals surface area contributed by atoms with Crippen molar-refractivity contribution in [1.82, 2.24) is 0 Å². The monoisotopic (exact) mass is 219 g/mol. The Morgan fingerprint density at radius 2 is 2.00 bits per heavy atom. The molecule has 0 saturated carbocycles. The largest absolute Gasteiger partial charge is 1.00 e. The normalized spacial score (nSPS) is 13.5. The van der Waals surface area contributed by atoms with E-state index in [4.69, 9.17) is 9.29 Å². The van der Waals surface area contributed by atoms with Crippen LogP contribution in [0.2, 0.25) is 0 Å². The summed E-state index contributed by atoms with van der Waals surface area (Å²) < 4.78 is 34.1. The van der Waals surface area contributed by atoms with Crippen molar-refractivity contribution in [2.24, 2.45) is 0 Å². The van der Waals surface area contributed by atoms with Gasteiger partial charge in [0.1, 0.15) is 0 Å². The fourth-order valence-corrected chi connectivity index (χ4v) is 1.45. The van der Waals surface area contributed by atoms with E-state index in [0.29, 0.717) is 19.4 Å². The van der Waals surface area contributed by atoms with E-state index in [1.165, 1.54) is 0 Å². The third kappa shape index (κ3) is 12.9. The van der Waals surface area contributed by atoms with Gasteiger partial charge >= 0.3 is 29.6 Å². The second-order valence-electron chi connectivity index (χ2n) is 2.69. The molecule has 0 aromatic heterocycles. The zero-order valence-corrected chi connectivity index (χ0v) is 11.3. The first kappa shape index (κ1) is 16.3. The van der Waals surface area contributed by atoms with Gasteiger partial charge in [-0.15, -0.1) is 0 Å². The summed E-state index contributed by atoms with van der Waals surface area (Å²) in [6.45, 7) is 4.40. The molecular formula is C7H16NaO4S+. The summed E-state index contributed by atoms with van der Waals surface area (Å²) in [4.78, 5) is 0. The molecular weight excluding hydrogens is 203 g/mol. The number of ether oxygens (including phenoxy) is 1. The minimum Gasteiger partial charge on any atom is -0.379 e. The van der Waals surface area contributed by atoms with Crippen LogP contribution in [0.25, 0.3) is 0 Å². The molecule has 1 atom stereocenters. The first-order valence-electron chi connectivity index (χ1n) is 4.02. The minimum atomic E-state index is -3.79. The van der Waals surface area contributed by atoms with Gasteiger partial charge < -0.3 is 4.74 Å². The van der Waals surface area contributed by atoms with Crippen LogP contribution in [0.1, 0.15) is 26.7 Å². The molecule has 0 spiro atoms. The first-order chi connectivity index (χ1) is 5.45. The maximum atomic E-state index is 10.3. The van der Waals surface area contributed by atoms with Crippen molar-refractivity contribution in [1.29, 1.82) is 0 Å². The molecule has 0 radical (unpaired) electrons. The van der Waals surface area contributed by atoms with Crippen molar-refractivity contribution < 1.29 is 47.3 Å². The van der Waals surface area contributed by atoms with Crippen LogP contribution < -0.4 is 29.6 Å². The quantitative estimate of drug-likeness (QED) is 0.418. The fraction of sp³-hybridized carbons (Fsp3) is 1.00. The molecule has 13 heavy (non-hydrogen) atoms. The summed E-state index contributed by atoms with van der Waals surface area (Å²) in [6.07, 6.45) is 1.17. The van der Waals surface area contributed by atoms with Gasteiger partial charge in [0.2, 0.25) is 0 Å². The van der Waals surface area contributed by atoms with E-state index >= 15 is 0 Å². The molecule has 0 aliphatic carbocycles. The standard InChI is InChI=1S/C7H16O4S.Na/c1-3-11-7(2)5-4-6-12(8,9)10;/h7H,3-6H2,1-2H3,(H,8,9,10);/q;+1. The molecule has 6 heteroatoms. The molecule has 0 bridgehead atoms. The molecule has 0 aliphatic rings. The van der Waals surface area contributed by atoms with Gasteiger partial charge in [0.25, 0.3) is 10.1 Å². The summed E-state index contributed by atoms with van der Waals surface area (Å²) in [6, 6.07) is 0. The second kappa shape index (κ2) is 8.20. The Morgan fingerprint density at radius 3 is 2.38 bits per heavy atom. The summed E-state index contributed by atoms with van der Waals surface area (Å²) in [7, 11) is -3.79. The van der Waals surface area contributed by atoms with Crippen LogP contribution in [-0.4, -0.2) is 31.4 Å². The van der Waals surface area contributed by atoms with E-state index in [1.807, 2.05) is 13.8 Å². The van der Waals surface area contributed by atoms with E-state index in [1.54, 1.807) is 0 Å². The van der Waals surface area contributed by atoms with E-state index in [0.717, 1.165) is 0 Å². The van der Waals surface area contributed by atoms with Crippen molar-refractivity contribution in [2.45, 2.75) is 32.8 Å². The molecule has 0 fully saturated rings. The van der Waals surface area contributed by atoms with Gasteiger partial charge in [-0.05, 0) is 26.7 Å². The topological polar surface area (TPSA) is 63.6 Å². The van der Waals surface area contributed by atoms with Crippen LogP contribution in [0.3, 0.4) is 0 Å². The molecule has 0 saturated heterocycles. The van der Waals surface area contributed by atoms with Gasteiger partial charge in [-0.3, -0.25) is 4.55 Å². The Bertz CT molecular complexity index is 203. The smallest absolute Gasteiger partial charge is 0.379 e. The molecule has 0 aromatic rings. The fourth-order valence-electron chi connectivity index (χ4n) is 0.921.